The molecule has 2 aliphatic rings. The number of benzene rings is 1. The number of fused-ring (bicyclic) bond motifs is 1. The standard InChI is InChI=1S/C26H35N3O3/c1-2-19-8-10-20(11-9-19)25(26(30)31)29-16-14-22(18-29)32-17-4-3-6-21-12-13-23-24(28-21)7-5-15-27-23/h8-13,22,25,27H,2-7,14-18H2,1H3,(H,30,31)/t22-,25?/m1/s1. The highest BCUT2D eigenvalue weighted by Gasteiger charge is 2.33. The van der Waals surface area contributed by atoms with Gasteiger partial charge in [-0.1, -0.05) is 31.2 Å². The Morgan fingerprint density at radius 3 is 2.88 bits per heavy atom. The van der Waals surface area contributed by atoms with Crippen LogP contribution in [0.3, 0.4) is 0 Å². The maximum atomic E-state index is 12.0. The third-order valence-corrected chi connectivity index (χ3v) is 6.60. The van der Waals surface area contributed by atoms with Crippen LogP contribution in [-0.4, -0.2) is 53.3 Å². The Bertz CT molecular complexity index is 900. The number of hydrogen-bond acceptors (Lipinski definition) is 5. The number of hydrogen-bond donors (Lipinski definition) is 2. The quantitative estimate of drug-likeness (QED) is 0.542. The van der Waals surface area contributed by atoms with E-state index < -0.39 is 12.0 Å². The van der Waals surface area contributed by atoms with E-state index in [0.29, 0.717) is 13.2 Å². The van der Waals surface area contributed by atoms with Gasteiger partial charge < -0.3 is 15.2 Å². The van der Waals surface area contributed by atoms with Crippen molar-refractivity contribution in [1.82, 2.24) is 9.88 Å². The predicted octanol–water partition coefficient (Wildman–Crippen LogP) is 4.24. The molecule has 0 spiro atoms. The summed E-state index contributed by atoms with van der Waals surface area (Å²) in [7, 11) is 0. The third-order valence-electron chi connectivity index (χ3n) is 6.60. The minimum atomic E-state index is -0.789. The molecule has 32 heavy (non-hydrogen) atoms. The molecule has 6 heteroatoms. The van der Waals surface area contributed by atoms with Gasteiger partial charge in [0.2, 0.25) is 0 Å². The number of carbonyl (C=O) groups is 1. The molecule has 1 saturated heterocycles. The molecule has 1 unspecified atom stereocenters. The number of carboxylic acid groups (broad SMARTS) is 1. The van der Waals surface area contributed by atoms with Crippen LogP contribution in [0.25, 0.3) is 0 Å². The molecule has 2 atom stereocenters. The number of nitrogens with zero attached hydrogens (tertiary/aromatic N) is 2. The van der Waals surface area contributed by atoms with E-state index in [9.17, 15) is 9.90 Å². The Labute approximate surface area is 191 Å². The van der Waals surface area contributed by atoms with E-state index in [0.717, 1.165) is 69.3 Å². The van der Waals surface area contributed by atoms with Gasteiger partial charge in [0.25, 0.3) is 0 Å². The van der Waals surface area contributed by atoms with Crippen molar-refractivity contribution in [2.24, 2.45) is 0 Å². The smallest absolute Gasteiger partial charge is 0.325 e. The molecule has 1 aromatic heterocycles. The number of pyridine rings is 1. The molecule has 2 aliphatic heterocycles. The van der Waals surface area contributed by atoms with Crippen molar-refractivity contribution < 1.29 is 14.6 Å². The number of aliphatic carboxylic acids is 1. The lowest BCUT2D eigenvalue weighted by Crippen LogP contribution is -2.33. The first-order valence-electron chi connectivity index (χ1n) is 12.0. The first-order chi connectivity index (χ1) is 15.6. The van der Waals surface area contributed by atoms with Crippen molar-refractivity contribution in [3.05, 3.63) is 58.9 Å². The Balaban J connectivity index is 1.20. The molecule has 2 N–H and O–H groups in total. The summed E-state index contributed by atoms with van der Waals surface area (Å²) >= 11 is 0. The summed E-state index contributed by atoms with van der Waals surface area (Å²) in [6.07, 6.45) is 7.20. The van der Waals surface area contributed by atoms with Crippen molar-refractivity contribution in [1.29, 1.82) is 0 Å². The van der Waals surface area contributed by atoms with Crippen LogP contribution in [0, 0.1) is 0 Å². The fourth-order valence-corrected chi connectivity index (χ4v) is 4.74. The number of likely N-dealkylation sites (tertiary alicyclic amines) is 1. The van der Waals surface area contributed by atoms with Crippen molar-refractivity contribution in [3.63, 3.8) is 0 Å². The highest BCUT2D eigenvalue weighted by molar-refractivity contribution is 5.75. The van der Waals surface area contributed by atoms with E-state index in [4.69, 9.17) is 9.72 Å². The molecule has 0 aliphatic carbocycles. The highest BCUT2D eigenvalue weighted by atomic mass is 16.5. The second kappa shape index (κ2) is 10.9. The average Bonchev–Trinajstić information content (AvgIpc) is 3.27. The molecule has 172 valence electrons. The SMILES string of the molecule is CCc1ccc(C(C(=O)O)N2CC[C@@H](OCCCCc3ccc4c(n3)CCCN4)C2)cc1. The van der Waals surface area contributed by atoms with Crippen LogP contribution in [0.1, 0.15) is 61.2 Å². The maximum Gasteiger partial charge on any atom is 0.325 e. The fraction of sp³-hybridized carbons (Fsp3) is 0.538. The predicted molar refractivity (Wildman–Crippen MR) is 126 cm³/mol. The van der Waals surface area contributed by atoms with Gasteiger partial charge in [-0.15, -0.1) is 0 Å². The van der Waals surface area contributed by atoms with Crippen LogP contribution in [0.15, 0.2) is 36.4 Å². The number of nitrogens with one attached hydrogen (secondary N) is 1. The van der Waals surface area contributed by atoms with Gasteiger partial charge in [-0.2, -0.15) is 0 Å². The first kappa shape index (κ1) is 22.7. The molecular weight excluding hydrogens is 402 g/mol. The number of unbranched alkanes of at least 4 members (excludes halogenated alkanes) is 1. The second-order valence-electron chi connectivity index (χ2n) is 8.90. The lowest BCUT2D eigenvalue weighted by atomic mass is 10.0. The normalized spacial score (nSPS) is 19.3. The van der Waals surface area contributed by atoms with Crippen LogP contribution in [0.4, 0.5) is 5.69 Å². The number of rotatable bonds is 10. The highest BCUT2D eigenvalue weighted by Crippen LogP contribution is 2.27. The van der Waals surface area contributed by atoms with Crippen molar-refractivity contribution in [3.8, 4) is 0 Å². The summed E-state index contributed by atoms with van der Waals surface area (Å²) < 4.78 is 6.10. The fourth-order valence-electron chi connectivity index (χ4n) is 4.74. The molecule has 2 aromatic rings. The summed E-state index contributed by atoms with van der Waals surface area (Å²) in [6.45, 7) is 5.29. The molecule has 0 saturated carbocycles. The van der Waals surface area contributed by atoms with Crippen LogP contribution in [0.2, 0.25) is 0 Å². The molecule has 6 nitrogen and oxygen atoms in total. The van der Waals surface area contributed by atoms with E-state index in [1.54, 1.807) is 0 Å². The number of ether oxygens (including phenoxy) is 1. The van der Waals surface area contributed by atoms with E-state index >= 15 is 0 Å². The molecule has 1 fully saturated rings. The van der Waals surface area contributed by atoms with Crippen molar-refractivity contribution >= 4 is 11.7 Å². The lowest BCUT2D eigenvalue weighted by molar-refractivity contribution is -0.143. The molecular formula is C26H35N3O3. The Morgan fingerprint density at radius 2 is 2.09 bits per heavy atom. The average molecular weight is 438 g/mol. The summed E-state index contributed by atoms with van der Waals surface area (Å²) in [5.41, 5.74) is 5.63. The third kappa shape index (κ3) is 5.67. The van der Waals surface area contributed by atoms with Gasteiger partial charge >= 0.3 is 5.97 Å². The van der Waals surface area contributed by atoms with Crippen LogP contribution < -0.4 is 5.32 Å². The zero-order valence-corrected chi connectivity index (χ0v) is 19.1. The summed E-state index contributed by atoms with van der Waals surface area (Å²) in [4.78, 5) is 18.8. The molecule has 1 aromatic carbocycles. The molecule has 0 bridgehead atoms. The van der Waals surface area contributed by atoms with Gasteiger partial charge in [0.1, 0.15) is 6.04 Å². The van der Waals surface area contributed by atoms with E-state index in [2.05, 4.69) is 24.4 Å². The largest absolute Gasteiger partial charge is 0.480 e. The second-order valence-corrected chi connectivity index (χ2v) is 8.90. The zero-order chi connectivity index (χ0) is 22.3. The van der Waals surface area contributed by atoms with Gasteiger partial charge in [0, 0.05) is 31.9 Å². The van der Waals surface area contributed by atoms with Crippen molar-refractivity contribution in [2.75, 3.05) is 31.6 Å². The minimum Gasteiger partial charge on any atom is -0.480 e. The monoisotopic (exact) mass is 437 g/mol. The number of aromatic nitrogens is 1. The molecule has 0 radical (unpaired) electrons. The number of carboxylic acids is 1. The zero-order valence-electron chi connectivity index (χ0n) is 19.1. The Morgan fingerprint density at radius 1 is 1.25 bits per heavy atom. The van der Waals surface area contributed by atoms with E-state index in [1.165, 1.54) is 16.9 Å². The molecule has 4 rings (SSSR count). The van der Waals surface area contributed by atoms with E-state index in [-0.39, 0.29) is 6.10 Å². The molecule has 3 heterocycles. The van der Waals surface area contributed by atoms with Crippen molar-refractivity contribution in [2.45, 2.75) is 64.0 Å². The van der Waals surface area contributed by atoms with Gasteiger partial charge in [-0.3, -0.25) is 14.7 Å². The topological polar surface area (TPSA) is 74.7 Å². The number of anilines is 1. The van der Waals surface area contributed by atoms with E-state index in [1.807, 2.05) is 29.2 Å². The lowest BCUT2D eigenvalue weighted by Gasteiger charge is -2.24. The maximum absolute atomic E-state index is 12.0. The Kier molecular flexibility index (Phi) is 7.76. The van der Waals surface area contributed by atoms with Crippen LogP contribution in [-0.2, 0) is 28.8 Å². The minimum absolute atomic E-state index is 0.111. The summed E-state index contributed by atoms with van der Waals surface area (Å²) in [6, 6.07) is 11.7. The van der Waals surface area contributed by atoms with Gasteiger partial charge in [0.15, 0.2) is 0 Å². The van der Waals surface area contributed by atoms with Gasteiger partial charge in [0.05, 0.1) is 17.5 Å². The van der Waals surface area contributed by atoms with Gasteiger partial charge in [-0.05, 0) is 68.2 Å². The van der Waals surface area contributed by atoms with Gasteiger partial charge in [-0.25, -0.2) is 0 Å². The Hall–Kier alpha value is -2.44. The first-order valence-corrected chi connectivity index (χ1v) is 12.0. The molecule has 0 amide bonds. The number of aryl methyl sites for hydroxylation is 3. The summed E-state index contributed by atoms with van der Waals surface area (Å²) in [5, 5.41) is 13.2. The van der Waals surface area contributed by atoms with Crippen LogP contribution >= 0.6 is 0 Å². The summed E-state index contributed by atoms with van der Waals surface area (Å²) in [5.74, 6) is -0.789. The van der Waals surface area contributed by atoms with Crippen LogP contribution in [0.5, 0.6) is 0 Å².